The molecule has 0 aliphatic rings. The number of carboxylic acid groups (broad SMARTS) is 1. The number of aliphatic carboxylic acids is 1. The van der Waals surface area contributed by atoms with Crippen molar-refractivity contribution in [3.8, 4) is 0 Å². The Balaban J connectivity index is 2.79. The standard InChI is InChI=1S/C13H20N2O2/c1-4-7-13(2,12(16)17)15(3)10-11-5-8-14-9-6-11/h5-6,8-9H,4,7,10H2,1-3H3,(H,16,17). The van der Waals surface area contributed by atoms with Crippen LogP contribution in [0.3, 0.4) is 0 Å². The van der Waals surface area contributed by atoms with Crippen molar-refractivity contribution in [3.63, 3.8) is 0 Å². The second kappa shape index (κ2) is 5.77. The number of hydrogen-bond donors (Lipinski definition) is 1. The summed E-state index contributed by atoms with van der Waals surface area (Å²) in [6, 6.07) is 3.81. The van der Waals surface area contributed by atoms with E-state index in [1.54, 1.807) is 19.3 Å². The van der Waals surface area contributed by atoms with Gasteiger partial charge in [-0.25, -0.2) is 0 Å². The van der Waals surface area contributed by atoms with Gasteiger partial charge in [-0.15, -0.1) is 0 Å². The zero-order valence-electron chi connectivity index (χ0n) is 10.7. The van der Waals surface area contributed by atoms with E-state index in [1.807, 2.05) is 31.0 Å². The Labute approximate surface area is 102 Å². The Morgan fingerprint density at radius 2 is 2.06 bits per heavy atom. The smallest absolute Gasteiger partial charge is 0.323 e. The van der Waals surface area contributed by atoms with Crippen molar-refractivity contribution in [1.29, 1.82) is 0 Å². The molecule has 0 bridgehead atoms. The van der Waals surface area contributed by atoms with Crippen LogP contribution in [0.2, 0.25) is 0 Å². The van der Waals surface area contributed by atoms with Gasteiger partial charge in [0.25, 0.3) is 0 Å². The minimum absolute atomic E-state index is 0.616. The van der Waals surface area contributed by atoms with Crippen LogP contribution in [0, 0.1) is 0 Å². The third-order valence-electron chi connectivity index (χ3n) is 3.21. The van der Waals surface area contributed by atoms with Crippen LogP contribution in [-0.2, 0) is 11.3 Å². The molecule has 1 unspecified atom stereocenters. The third kappa shape index (κ3) is 3.27. The quantitative estimate of drug-likeness (QED) is 0.822. The average molecular weight is 236 g/mol. The Bertz CT molecular complexity index is 367. The van der Waals surface area contributed by atoms with Crippen molar-refractivity contribution in [3.05, 3.63) is 30.1 Å². The van der Waals surface area contributed by atoms with Crippen molar-refractivity contribution >= 4 is 5.97 Å². The maximum atomic E-state index is 11.4. The van der Waals surface area contributed by atoms with Gasteiger partial charge < -0.3 is 5.11 Å². The highest BCUT2D eigenvalue weighted by molar-refractivity contribution is 5.78. The maximum absolute atomic E-state index is 11.4. The molecule has 4 nitrogen and oxygen atoms in total. The summed E-state index contributed by atoms with van der Waals surface area (Å²) in [5.74, 6) is -0.768. The first-order valence-electron chi connectivity index (χ1n) is 5.84. The van der Waals surface area contributed by atoms with Crippen LogP contribution in [0.25, 0.3) is 0 Å². The van der Waals surface area contributed by atoms with Gasteiger partial charge in [0, 0.05) is 18.9 Å². The number of pyridine rings is 1. The van der Waals surface area contributed by atoms with Crippen LogP contribution >= 0.6 is 0 Å². The number of rotatable bonds is 6. The van der Waals surface area contributed by atoms with Crippen molar-refractivity contribution in [1.82, 2.24) is 9.88 Å². The molecule has 0 saturated heterocycles. The first-order valence-corrected chi connectivity index (χ1v) is 5.84. The van der Waals surface area contributed by atoms with E-state index in [0.717, 1.165) is 12.0 Å². The highest BCUT2D eigenvalue weighted by Gasteiger charge is 2.36. The van der Waals surface area contributed by atoms with Gasteiger partial charge >= 0.3 is 5.97 Å². The molecule has 0 saturated carbocycles. The average Bonchev–Trinajstić information content (AvgIpc) is 2.30. The van der Waals surface area contributed by atoms with Gasteiger partial charge in [-0.2, -0.15) is 0 Å². The highest BCUT2D eigenvalue weighted by atomic mass is 16.4. The molecule has 1 N–H and O–H groups in total. The monoisotopic (exact) mass is 236 g/mol. The molecule has 0 aliphatic carbocycles. The summed E-state index contributed by atoms with van der Waals surface area (Å²) in [5, 5.41) is 9.36. The fourth-order valence-electron chi connectivity index (χ4n) is 1.88. The minimum atomic E-state index is -0.808. The predicted octanol–water partition coefficient (Wildman–Crippen LogP) is 2.16. The number of hydrogen-bond acceptors (Lipinski definition) is 3. The fourth-order valence-corrected chi connectivity index (χ4v) is 1.88. The molecule has 0 radical (unpaired) electrons. The summed E-state index contributed by atoms with van der Waals surface area (Å²) in [5.41, 5.74) is 0.268. The van der Waals surface area contributed by atoms with Crippen molar-refractivity contribution in [2.75, 3.05) is 7.05 Å². The number of carboxylic acids is 1. The topological polar surface area (TPSA) is 53.4 Å². The summed E-state index contributed by atoms with van der Waals surface area (Å²) in [6.07, 6.45) is 4.94. The molecule has 17 heavy (non-hydrogen) atoms. The van der Waals surface area contributed by atoms with E-state index in [2.05, 4.69) is 4.98 Å². The summed E-state index contributed by atoms with van der Waals surface area (Å²) in [7, 11) is 1.85. The van der Waals surface area contributed by atoms with E-state index in [-0.39, 0.29) is 0 Å². The maximum Gasteiger partial charge on any atom is 0.323 e. The number of carbonyl (C=O) groups is 1. The molecule has 1 aromatic heterocycles. The Kier molecular flexibility index (Phi) is 4.63. The van der Waals surface area contributed by atoms with Crippen LogP contribution in [-0.4, -0.2) is 33.5 Å². The number of aromatic nitrogens is 1. The van der Waals surface area contributed by atoms with E-state index < -0.39 is 11.5 Å². The normalized spacial score (nSPS) is 14.6. The second-order valence-corrected chi connectivity index (χ2v) is 4.54. The summed E-state index contributed by atoms with van der Waals surface area (Å²) >= 11 is 0. The lowest BCUT2D eigenvalue weighted by Gasteiger charge is -2.35. The molecule has 1 aromatic rings. The summed E-state index contributed by atoms with van der Waals surface area (Å²) in [6.45, 7) is 4.40. The molecule has 0 fully saturated rings. The van der Waals surface area contributed by atoms with Gasteiger partial charge in [-0.3, -0.25) is 14.7 Å². The molecule has 0 aliphatic heterocycles. The van der Waals surface area contributed by atoms with Crippen molar-refractivity contribution in [2.24, 2.45) is 0 Å². The summed E-state index contributed by atoms with van der Waals surface area (Å²) in [4.78, 5) is 17.2. The lowest BCUT2D eigenvalue weighted by molar-refractivity contribution is -0.150. The van der Waals surface area contributed by atoms with Gasteiger partial charge in [0.05, 0.1) is 0 Å². The van der Waals surface area contributed by atoms with Crippen LogP contribution in [0.1, 0.15) is 32.3 Å². The molecule has 0 aromatic carbocycles. The van der Waals surface area contributed by atoms with Crippen LogP contribution in [0.5, 0.6) is 0 Å². The van der Waals surface area contributed by atoms with E-state index in [1.165, 1.54) is 0 Å². The first-order chi connectivity index (χ1) is 8.00. The predicted molar refractivity (Wildman–Crippen MR) is 66.7 cm³/mol. The molecule has 1 atom stereocenters. The molecule has 4 heteroatoms. The summed E-state index contributed by atoms with van der Waals surface area (Å²) < 4.78 is 0. The third-order valence-corrected chi connectivity index (χ3v) is 3.21. The van der Waals surface area contributed by atoms with E-state index in [4.69, 9.17) is 0 Å². The second-order valence-electron chi connectivity index (χ2n) is 4.54. The van der Waals surface area contributed by atoms with Gasteiger partial charge in [-0.05, 0) is 38.1 Å². The SMILES string of the molecule is CCCC(C)(C(=O)O)N(C)Cc1ccncc1. The van der Waals surface area contributed by atoms with Gasteiger partial charge in [0.1, 0.15) is 5.54 Å². The van der Waals surface area contributed by atoms with Crippen LogP contribution in [0.4, 0.5) is 0 Å². The molecule has 0 amide bonds. The van der Waals surface area contributed by atoms with Crippen molar-refractivity contribution < 1.29 is 9.90 Å². The Morgan fingerprint density at radius 1 is 1.47 bits per heavy atom. The molecule has 1 rings (SSSR count). The largest absolute Gasteiger partial charge is 0.480 e. The number of likely N-dealkylation sites (N-methyl/N-ethyl adjacent to an activating group) is 1. The zero-order chi connectivity index (χ0) is 12.9. The molecular weight excluding hydrogens is 216 g/mol. The van der Waals surface area contributed by atoms with Gasteiger partial charge in [-0.1, -0.05) is 13.3 Å². The van der Waals surface area contributed by atoms with Crippen LogP contribution in [0.15, 0.2) is 24.5 Å². The molecular formula is C13H20N2O2. The lowest BCUT2D eigenvalue weighted by atomic mass is 9.94. The van der Waals surface area contributed by atoms with Gasteiger partial charge in [0.2, 0.25) is 0 Å². The lowest BCUT2D eigenvalue weighted by Crippen LogP contribution is -2.49. The van der Waals surface area contributed by atoms with Gasteiger partial charge in [0.15, 0.2) is 0 Å². The molecule has 1 heterocycles. The Hall–Kier alpha value is -1.42. The number of nitrogens with zero attached hydrogens (tertiary/aromatic N) is 2. The minimum Gasteiger partial charge on any atom is -0.480 e. The Morgan fingerprint density at radius 3 is 2.53 bits per heavy atom. The van der Waals surface area contributed by atoms with Crippen molar-refractivity contribution in [2.45, 2.75) is 38.8 Å². The highest BCUT2D eigenvalue weighted by Crippen LogP contribution is 2.22. The van der Waals surface area contributed by atoms with Crippen LogP contribution < -0.4 is 0 Å². The first kappa shape index (κ1) is 13.6. The van der Waals surface area contributed by atoms with E-state index in [0.29, 0.717) is 13.0 Å². The molecule has 0 spiro atoms. The van der Waals surface area contributed by atoms with E-state index in [9.17, 15) is 9.90 Å². The molecule has 94 valence electrons. The van der Waals surface area contributed by atoms with E-state index >= 15 is 0 Å². The zero-order valence-corrected chi connectivity index (χ0v) is 10.7. The fraction of sp³-hybridized carbons (Fsp3) is 0.538.